The number of hydrogen-bond acceptors (Lipinski definition) is 6. The van der Waals surface area contributed by atoms with E-state index in [4.69, 9.17) is 15.2 Å². The molecule has 6 heteroatoms. The van der Waals surface area contributed by atoms with Crippen molar-refractivity contribution in [2.24, 2.45) is 5.73 Å². The van der Waals surface area contributed by atoms with E-state index >= 15 is 0 Å². The summed E-state index contributed by atoms with van der Waals surface area (Å²) in [6.07, 6.45) is 0. The topological polar surface area (TPSA) is 83.2 Å². The first-order valence-electron chi connectivity index (χ1n) is 5.82. The van der Waals surface area contributed by atoms with Crippen LogP contribution in [0.4, 0.5) is 0 Å². The first-order valence-corrected chi connectivity index (χ1v) is 5.82. The Balaban J connectivity index is 2.49. The van der Waals surface area contributed by atoms with E-state index < -0.39 is 0 Å². The zero-order valence-corrected chi connectivity index (χ0v) is 11.2. The van der Waals surface area contributed by atoms with Crippen molar-refractivity contribution in [2.45, 2.75) is 13.5 Å². The van der Waals surface area contributed by atoms with Crippen molar-refractivity contribution < 1.29 is 9.47 Å². The molecule has 0 atom stereocenters. The molecule has 0 amide bonds. The van der Waals surface area contributed by atoms with Gasteiger partial charge in [-0.3, -0.25) is 0 Å². The van der Waals surface area contributed by atoms with Crippen LogP contribution in [0.2, 0.25) is 0 Å². The third kappa shape index (κ3) is 2.79. The highest BCUT2D eigenvalue weighted by Crippen LogP contribution is 2.30. The van der Waals surface area contributed by atoms with Crippen molar-refractivity contribution in [1.29, 1.82) is 0 Å². The summed E-state index contributed by atoms with van der Waals surface area (Å²) in [5.41, 5.74) is 6.40. The van der Waals surface area contributed by atoms with Gasteiger partial charge in [0.1, 0.15) is 11.6 Å². The normalized spacial score (nSPS) is 10.3. The van der Waals surface area contributed by atoms with Crippen LogP contribution in [0.3, 0.4) is 0 Å². The molecular weight excluding hydrogens is 244 g/mol. The molecule has 0 aliphatic carbocycles. The smallest absolute Gasteiger partial charge is 0.163 e. The van der Waals surface area contributed by atoms with Crippen LogP contribution in [0.25, 0.3) is 11.4 Å². The second-order valence-corrected chi connectivity index (χ2v) is 3.90. The Morgan fingerprint density at radius 1 is 1.05 bits per heavy atom. The maximum atomic E-state index is 5.57. The Morgan fingerprint density at radius 2 is 1.79 bits per heavy atom. The largest absolute Gasteiger partial charge is 0.493 e. The third-order valence-electron chi connectivity index (χ3n) is 2.62. The second-order valence-electron chi connectivity index (χ2n) is 3.90. The number of aryl methyl sites for hydroxylation is 1. The minimum atomic E-state index is 0.281. The lowest BCUT2D eigenvalue weighted by Crippen LogP contribution is -2.07. The number of nitrogens with two attached hydrogens (primary N) is 1. The Bertz CT molecular complexity index is 587. The molecule has 2 N–H and O–H groups in total. The van der Waals surface area contributed by atoms with E-state index in [-0.39, 0.29) is 6.54 Å². The Hall–Kier alpha value is -2.21. The quantitative estimate of drug-likeness (QED) is 0.892. The predicted molar refractivity (Wildman–Crippen MR) is 71.0 cm³/mol. The van der Waals surface area contributed by atoms with Gasteiger partial charge in [-0.2, -0.15) is 0 Å². The van der Waals surface area contributed by atoms with Gasteiger partial charge < -0.3 is 15.2 Å². The van der Waals surface area contributed by atoms with E-state index in [9.17, 15) is 0 Å². The van der Waals surface area contributed by atoms with Crippen LogP contribution in [0, 0.1) is 6.92 Å². The summed E-state index contributed by atoms with van der Waals surface area (Å²) in [7, 11) is 3.18. The van der Waals surface area contributed by atoms with E-state index in [0.717, 1.165) is 5.56 Å². The minimum absolute atomic E-state index is 0.281. The fourth-order valence-electron chi connectivity index (χ4n) is 1.73. The molecule has 100 valence electrons. The Labute approximate surface area is 111 Å². The maximum absolute atomic E-state index is 5.57. The minimum Gasteiger partial charge on any atom is -0.493 e. The zero-order chi connectivity index (χ0) is 13.8. The van der Waals surface area contributed by atoms with Crippen LogP contribution >= 0.6 is 0 Å². The second kappa shape index (κ2) is 5.62. The number of rotatable bonds is 4. The lowest BCUT2D eigenvalue weighted by molar-refractivity contribution is 0.355. The van der Waals surface area contributed by atoms with Gasteiger partial charge in [0.15, 0.2) is 17.3 Å². The van der Waals surface area contributed by atoms with E-state index in [0.29, 0.717) is 29.0 Å². The number of ether oxygens (including phenoxy) is 2. The van der Waals surface area contributed by atoms with Crippen molar-refractivity contribution in [2.75, 3.05) is 14.2 Å². The van der Waals surface area contributed by atoms with Crippen molar-refractivity contribution in [3.05, 3.63) is 29.8 Å². The third-order valence-corrected chi connectivity index (χ3v) is 2.62. The molecule has 0 fully saturated rings. The molecule has 0 unspecified atom stereocenters. The average Bonchev–Trinajstić information content (AvgIpc) is 2.45. The number of nitrogens with zero attached hydrogens (tertiary/aromatic N) is 3. The van der Waals surface area contributed by atoms with E-state index in [1.807, 2.05) is 25.1 Å². The van der Waals surface area contributed by atoms with Crippen LogP contribution in [-0.2, 0) is 6.54 Å². The molecule has 1 aromatic carbocycles. The molecule has 0 saturated heterocycles. The summed E-state index contributed by atoms with van der Waals surface area (Å²) in [6, 6.07) is 5.51. The van der Waals surface area contributed by atoms with Crippen molar-refractivity contribution >= 4 is 0 Å². The molecule has 0 bridgehead atoms. The van der Waals surface area contributed by atoms with Gasteiger partial charge in [-0.15, -0.1) is 0 Å². The number of benzene rings is 1. The van der Waals surface area contributed by atoms with E-state index in [1.165, 1.54) is 0 Å². The molecule has 0 radical (unpaired) electrons. The fourth-order valence-corrected chi connectivity index (χ4v) is 1.73. The summed E-state index contributed by atoms with van der Waals surface area (Å²) < 4.78 is 10.5. The standard InChI is InChI=1S/C13H16N4O2/c1-8-15-12(7-14)17-13(16-8)9-4-5-10(18-2)11(6-9)19-3/h4-6H,7,14H2,1-3H3. The van der Waals surface area contributed by atoms with Crippen LogP contribution in [0.15, 0.2) is 18.2 Å². The fraction of sp³-hybridized carbons (Fsp3) is 0.308. The molecule has 0 aliphatic rings. The van der Waals surface area contributed by atoms with Gasteiger partial charge in [0.05, 0.1) is 20.8 Å². The maximum Gasteiger partial charge on any atom is 0.163 e. The Kier molecular flexibility index (Phi) is 3.91. The van der Waals surface area contributed by atoms with Crippen molar-refractivity contribution in [3.63, 3.8) is 0 Å². The van der Waals surface area contributed by atoms with E-state index in [2.05, 4.69) is 15.0 Å². The SMILES string of the molecule is COc1ccc(-c2nc(C)nc(CN)n2)cc1OC. The molecule has 19 heavy (non-hydrogen) atoms. The summed E-state index contributed by atoms with van der Waals surface area (Å²) >= 11 is 0. The number of hydrogen-bond donors (Lipinski definition) is 1. The van der Waals surface area contributed by atoms with Crippen molar-refractivity contribution in [1.82, 2.24) is 15.0 Å². The van der Waals surface area contributed by atoms with Crippen LogP contribution < -0.4 is 15.2 Å². The van der Waals surface area contributed by atoms with E-state index in [1.54, 1.807) is 14.2 Å². The molecule has 6 nitrogen and oxygen atoms in total. The van der Waals surface area contributed by atoms with Crippen LogP contribution in [-0.4, -0.2) is 29.2 Å². The average molecular weight is 260 g/mol. The highest BCUT2D eigenvalue weighted by Gasteiger charge is 2.10. The summed E-state index contributed by atoms with van der Waals surface area (Å²) in [5.74, 6) is 3.08. The molecule has 1 heterocycles. The molecule has 1 aromatic heterocycles. The monoisotopic (exact) mass is 260 g/mol. The van der Waals surface area contributed by atoms with Gasteiger partial charge in [0.2, 0.25) is 0 Å². The number of aromatic nitrogens is 3. The molecular formula is C13H16N4O2. The van der Waals surface area contributed by atoms with Gasteiger partial charge in [-0.1, -0.05) is 0 Å². The van der Waals surface area contributed by atoms with Crippen molar-refractivity contribution in [3.8, 4) is 22.9 Å². The lowest BCUT2D eigenvalue weighted by atomic mass is 10.2. The van der Waals surface area contributed by atoms with Gasteiger partial charge in [-0.05, 0) is 25.1 Å². The summed E-state index contributed by atoms with van der Waals surface area (Å²) in [4.78, 5) is 12.8. The highest BCUT2D eigenvalue weighted by molar-refractivity contribution is 5.61. The molecule has 2 aromatic rings. The first-order chi connectivity index (χ1) is 9.17. The van der Waals surface area contributed by atoms with Crippen LogP contribution in [0.1, 0.15) is 11.6 Å². The Morgan fingerprint density at radius 3 is 2.42 bits per heavy atom. The van der Waals surface area contributed by atoms with Gasteiger partial charge in [0.25, 0.3) is 0 Å². The zero-order valence-electron chi connectivity index (χ0n) is 11.2. The molecule has 0 aliphatic heterocycles. The number of methoxy groups -OCH3 is 2. The molecule has 2 rings (SSSR count). The molecule has 0 spiro atoms. The van der Waals surface area contributed by atoms with Gasteiger partial charge in [0, 0.05) is 5.56 Å². The highest BCUT2D eigenvalue weighted by atomic mass is 16.5. The predicted octanol–water partition coefficient (Wildman–Crippen LogP) is 1.32. The van der Waals surface area contributed by atoms with Crippen LogP contribution in [0.5, 0.6) is 11.5 Å². The lowest BCUT2D eigenvalue weighted by Gasteiger charge is -2.09. The first kappa shape index (κ1) is 13.2. The van der Waals surface area contributed by atoms with Gasteiger partial charge in [-0.25, -0.2) is 15.0 Å². The summed E-state index contributed by atoms with van der Waals surface area (Å²) in [5, 5.41) is 0. The van der Waals surface area contributed by atoms with Gasteiger partial charge >= 0.3 is 0 Å². The summed E-state index contributed by atoms with van der Waals surface area (Å²) in [6.45, 7) is 2.09. The molecule has 0 saturated carbocycles.